The first-order valence-corrected chi connectivity index (χ1v) is 10.7. The van der Waals surface area contributed by atoms with Crippen molar-refractivity contribution in [3.63, 3.8) is 0 Å². The van der Waals surface area contributed by atoms with E-state index in [1.165, 1.54) is 51.7 Å². The van der Waals surface area contributed by atoms with Crippen LogP contribution in [0.2, 0.25) is 5.02 Å². The van der Waals surface area contributed by atoms with Gasteiger partial charge in [-0.25, -0.2) is 8.42 Å². The molecule has 0 atom stereocenters. The van der Waals surface area contributed by atoms with Crippen LogP contribution in [0.25, 0.3) is 16.0 Å². The number of halogens is 1. The Balaban J connectivity index is 0.00000363. The summed E-state index contributed by atoms with van der Waals surface area (Å²) in [5.74, 6) is 0.159. The molecule has 0 aliphatic rings. The van der Waals surface area contributed by atoms with Crippen LogP contribution in [-0.4, -0.2) is 40.6 Å². The minimum atomic E-state index is -4.31. The fourth-order valence-electron chi connectivity index (χ4n) is 2.84. The summed E-state index contributed by atoms with van der Waals surface area (Å²) in [6.07, 6.45) is 1.12. The molecule has 0 bridgehead atoms. The Bertz CT molecular complexity index is 1200. The quantitative estimate of drug-likeness (QED) is 0.450. The molecule has 1 aromatic heterocycles. The van der Waals surface area contributed by atoms with Crippen LogP contribution in [0, 0.1) is 0 Å². The molecule has 0 aliphatic carbocycles. The van der Waals surface area contributed by atoms with Gasteiger partial charge in [0.15, 0.2) is 0 Å². The number of methoxy groups -OCH3 is 3. The van der Waals surface area contributed by atoms with Crippen molar-refractivity contribution in [2.75, 3.05) is 21.3 Å². The SMILES string of the molecule is COc1cc(Cl)ccc1C(=O)[N-]S(=O)(=O)c1ccc(-c2c(OC)cccc2OC)nc1.[K+]. The van der Waals surface area contributed by atoms with Gasteiger partial charge in [0.2, 0.25) is 0 Å². The van der Waals surface area contributed by atoms with Crippen LogP contribution < -0.4 is 65.6 Å². The number of carbonyl (C=O) groups excluding carboxylic acids is 1. The maximum absolute atomic E-state index is 12.6. The van der Waals surface area contributed by atoms with E-state index in [1.807, 2.05) is 0 Å². The Morgan fingerprint density at radius 1 is 0.938 bits per heavy atom. The smallest absolute Gasteiger partial charge is 0.537 e. The van der Waals surface area contributed by atoms with E-state index in [1.54, 1.807) is 18.2 Å². The summed E-state index contributed by atoms with van der Waals surface area (Å²) >= 11 is 5.87. The van der Waals surface area contributed by atoms with E-state index in [4.69, 9.17) is 25.8 Å². The zero-order valence-corrected chi connectivity index (χ0v) is 22.5. The van der Waals surface area contributed by atoms with E-state index in [9.17, 15) is 13.2 Å². The Morgan fingerprint density at radius 3 is 2.09 bits per heavy atom. The maximum Gasteiger partial charge on any atom is 1.00 e. The summed E-state index contributed by atoms with van der Waals surface area (Å²) < 4.78 is 44.4. The Hall–Kier alpha value is -1.66. The first-order chi connectivity index (χ1) is 14.8. The standard InChI is InChI=1S/C21H19ClN2O6S.K/c1-28-17-5-4-6-18(29-2)20(17)16-10-8-14(12-23-16)31(26,27)24-21(25)15-9-7-13(22)11-19(15)30-3;/h4-12H,1-3H3,(H,24,25);/q;+1/p-1. The second kappa shape index (κ2) is 11.5. The molecule has 162 valence electrons. The van der Waals surface area contributed by atoms with Gasteiger partial charge in [0.25, 0.3) is 0 Å². The Kier molecular flexibility index (Phi) is 9.52. The molecule has 0 saturated heterocycles. The zero-order valence-electron chi connectivity index (χ0n) is 17.8. The van der Waals surface area contributed by atoms with E-state index in [0.717, 1.165) is 6.20 Å². The molecule has 0 unspecified atom stereocenters. The second-order valence-electron chi connectivity index (χ2n) is 6.13. The van der Waals surface area contributed by atoms with Gasteiger partial charge < -0.3 is 23.7 Å². The number of rotatable bonds is 7. The van der Waals surface area contributed by atoms with E-state index < -0.39 is 15.9 Å². The molecular formula is C21H18ClKN2O6S. The number of ether oxygens (including phenoxy) is 3. The molecule has 3 aromatic rings. The van der Waals surface area contributed by atoms with Crippen molar-refractivity contribution < 1.29 is 78.8 Å². The molecule has 0 radical (unpaired) electrons. The van der Waals surface area contributed by atoms with Crippen LogP contribution in [0.15, 0.2) is 59.6 Å². The fourth-order valence-corrected chi connectivity index (χ4v) is 3.85. The third-order valence-corrected chi connectivity index (χ3v) is 5.79. The Morgan fingerprint density at radius 2 is 1.56 bits per heavy atom. The van der Waals surface area contributed by atoms with Crippen LogP contribution in [-0.2, 0) is 10.0 Å². The number of pyridine rings is 1. The van der Waals surface area contributed by atoms with Gasteiger partial charge in [-0.3, -0.25) is 4.98 Å². The molecule has 8 nitrogen and oxygen atoms in total. The molecule has 0 fully saturated rings. The van der Waals surface area contributed by atoms with Crippen molar-refractivity contribution in [3.8, 4) is 28.5 Å². The number of aromatic nitrogens is 1. The van der Waals surface area contributed by atoms with Crippen LogP contribution in [0.3, 0.4) is 0 Å². The summed E-state index contributed by atoms with van der Waals surface area (Å²) in [5.41, 5.74) is 0.966. The number of hydrogen-bond donors (Lipinski definition) is 0. The molecular weight excluding hydrogens is 483 g/mol. The van der Waals surface area contributed by atoms with Gasteiger partial charge in [-0.15, -0.1) is 0 Å². The number of nitrogens with zero attached hydrogens (tertiary/aromatic N) is 2. The van der Waals surface area contributed by atoms with E-state index >= 15 is 0 Å². The first kappa shape index (κ1) is 26.6. The molecule has 3 rings (SSSR count). The molecule has 2 aromatic carbocycles. The molecule has 0 saturated carbocycles. The van der Waals surface area contributed by atoms with Crippen LogP contribution >= 0.6 is 11.6 Å². The summed E-state index contributed by atoms with van der Waals surface area (Å²) in [6.45, 7) is 0. The van der Waals surface area contributed by atoms with Crippen molar-refractivity contribution in [3.05, 3.63) is 70.0 Å². The molecule has 0 spiro atoms. The molecule has 1 heterocycles. The third kappa shape index (κ3) is 5.82. The third-order valence-electron chi connectivity index (χ3n) is 4.32. The molecule has 32 heavy (non-hydrogen) atoms. The Labute approximate surface area is 233 Å². The number of benzene rings is 2. The predicted octanol–water partition coefficient (Wildman–Crippen LogP) is 1.33. The van der Waals surface area contributed by atoms with Crippen molar-refractivity contribution in [1.29, 1.82) is 0 Å². The van der Waals surface area contributed by atoms with Gasteiger partial charge in [0, 0.05) is 16.8 Å². The van der Waals surface area contributed by atoms with Gasteiger partial charge in [0.05, 0.1) is 43.4 Å². The minimum Gasteiger partial charge on any atom is -0.537 e. The zero-order chi connectivity index (χ0) is 22.6. The molecule has 0 N–H and O–H groups in total. The second-order valence-corrected chi connectivity index (χ2v) is 8.17. The topological polar surface area (TPSA) is 106 Å². The average molecular weight is 501 g/mol. The van der Waals surface area contributed by atoms with Crippen molar-refractivity contribution in [2.45, 2.75) is 4.90 Å². The van der Waals surface area contributed by atoms with E-state index in [2.05, 4.69) is 9.71 Å². The fraction of sp³-hybridized carbons (Fsp3) is 0.143. The number of hydrogen-bond acceptors (Lipinski definition) is 7. The normalized spacial score (nSPS) is 10.6. The number of sulfonamides is 1. The van der Waals surface area contributed by atoms with Crippen LogP contribution in [0.5, 0.6) is 17.2 Å². The predicted molar refractivity (Wildman–Crippen MR) is 116 cm³/mol. The summed E-state index contributed by atoms with van der Waals surface area (Å²) in [5, 5.41) is 0.336. The van der Waals surface area contributed by atoms with Gasteiger partial charge >= 0.3 is 51.4 Å². The van der Waals surface area contributed by atoms with Gasteiger partial charge in [0.1, 0.15) is 27.3 Å². The number of carbonyl (C=O) groups is 1. The van der Waals surface area contributed by atoms with Crippen molar-refractivity contribution >= 4 is 27.5 Å². The van der Waals surface area contributed by atoms with Gasteiger partial charge in [-0.05, 0) is 42.5 Å². The minimum absolute atomic E-state index is 0. The van der Waals surface area contributed by atoms with Crippen molar-refractivity contribution in [2.24, 2.45) is 0 Å². The average Bonchev–Trinajstić information content (AvgIpc) is 2.77. The molecule has 0 aliphatic heterocycles. The van der Waals surface area contributed by atoms with Gasteiger partial charge in [-0.2, -0.15) is 0 Å². The summed E-state index contributed by atoms with van der Waals surface area (Å²) in [6, 6.07) is 12.2. The van der Waals surface area contributed by atoms with Crippen LogP contribution in [0.1, 0.15) is 10.4 Å². The maximum atomic E-state index is 12.6. The van der Waals surface area contributed by atoms with Crippen molar-refractivity contribution in [1.82, 2.24) is 4.98 Å². The van der Waals surface area contributed by atoms with E-state index in [0.29, 0.717) is 27.8 Å². The first-order valence-electron chi connectivity index (χ1n) is 8.84. The summed E-state index contributed by atoms with van der Waals surface area (Å²) in [7, 11) is 0.0410. The van der Waals surface area contributed by atoms with Crippen LogP contribution in [0.4, 0.5) is 0 Å². The van der Waals surface area contributed by atoms with Gasteiger partial charge in [-0.1, -0.05) is 17.7 Å². The monoisotopic (exact) mass is 500 g/mol. The largest absolute Gasteiger partial charge is 1.00 e. The summed E-state index contributed by atoms with van der Waals surface area (Å²) in [4.78, 5) is 16.4. The molecule has 11 heteroatoms. The number of amides is 1. The van der Waals surface area contributed by atoms with E-state index in [-0.39, 0.29) is 67.6 Å². The molecule has 1 amide bonds.